The molecular weight excluding hydrogens is 374 g/mol. The summed E-state index contributed by atoms with van der Waals surface area (Å²) in [5.41, 5.74) is 2.23. The van der Waals surface area contributed by atoms with Crippen LogP contribution in [0.25, 0.3) is 10.9 Å². The molecule has 0 saturated carbocycles. The Balaban J connectivity index is 1.67. The van der Waals surface area contributed by atoms with Gasteiger partial charge in [0.05, 0.1) is 4.90 Å². The molecule has 2 aliphatic heterocycles. The molecule has 2 aliphatic rings. The van der Waals surface area contributed by atoms with Crippen molar-refractivity contribution in [3.63, 3.8) is 0 Å². The molecule has 2 saturated heterocycles. The van der Waals surface area contributed by atoms with Crippen LogP contribution in [0.1, 0.15) is 61.0 Å². The Bertz CT molecular complexity index is 966. The van der Waals surface area contributed by atoms with Gasteiger partial charge in [-0.25, -0.2) is 8.42 Å². The molecule has 0 spiro atoms. The average Bonchev–Trinajstić information content (AvgIpc) is 2.89. The minimum absolute atomic E-state index is 0.0188. The summed E-state index contributed by atoms with van der Waals surface area (Å²) in [6, 6.07) is 5.18. The molecule has 0 unspecified atom stereocenters. The summed E-state index contributed by atoms with van der Waals surface area (Å²) in [6.07, 6.45) is 7.27. The molecule has 4 rings (SSSR count). The number of likely N-dealkylation sites (tertiary alicyclic amines) is 1. The molecular formula is C21H29N3O3S. The zero-order valence-corrected chi connectivity index (χ0v) is 17.4. The second-order valence-electron chi connectivity index (χ2n) is 8.00. The first-order chi connectivity index (χ1) is 13.5. The third kappa shape index (κ3) is 3.57. The molecule has 28 heavy (non-hydrogen) atoms. The van der Waals surface area contributed by atoms with Crippen LogP contribution in [0.2, 0.25) is 0 Å². The Labute approximate surface area is 166 Å². The van der Waals surface area contributed by atoms with Gasteiger partial charge in [-0.15, -0.1) is 0 Å². The number of hydrogen-bond donors (Lipinski definition) is 1. The number of nitrogens with one attached hydrogen (secondary N) is 1. The maximum Gasteiger partial charge on any atom is 0.270 e. The number of piperidine rings is 1. The topological polar surface area (TPSA) is 73.5 Å². The van der Waals surface area contributed by atoms with Crippen molar-refractivity contribution < 1.29 is 13.2 Å². The highest BCUT2D eigenvalue weighted by Gasteiger charge is 2.27. The molecule has 3 heterocycles. The first-order valence-corrected chi connectivity index (χ1v) is 11.8. The third-order valence-electron chi connectivity index (χ3n) is 6.09. The van der Waals surface area contributed by atoms with E-state index in [2.05, 4.69) is 4.98 Å². The number of fused-ring (bicyclic) bond motifs is 1. The van der Waals surface area contributed by atoms with E-state index in [0.717, 1.165) is 68.1 Å². The van der Waals surface area contributed by atoms with Crippen LogP contribution in [0.15, 0.2) is 23.1 Å². The van der Waals surface area contributed by atoms with Gasteiger partial charge in [0.15, 0.2) is 0 Å². The number of sulfonamides is 1. The highest BCUT2D eigenvalue weighted by atomic mass is 32.2. The van der Waals surface area contributed by atoms with Crippen LogP contribution < -0.4 is 0 Å². The predicted octanol–water partition coefficient (Wildman–Crippen LogP) is 3.67. The zero-order chi connectivity index (χ0) is 19.7. The summed E-state index contributed by atoms with van der Waals surface area (Å²) in [5, 5.41) is 0.816. The number of H-pyrrole nitrogens is 1. The smallest absolute Gasteiger partial charge is 0.270 e. The molecule has 2 fully saturated rings. The van der Waals surface area contributed by atoms with E-state index < -0.39 is 10.0 Å². The number of aromatic nitrogens is 1. The van der Waals surface area contributed by atoms with Gasteiger partial charge in [0.1, 0.15) is 5.69 Å². The molecule has 152 valence electrons. The number of carbonyl (C=O) groups excluding carboxylic acids is 1. The van der Waals surface area contributed by atoms with Crippen LogP contribution in [0, 0.1) is 6.92 Å². The van der Waals surface area contributed by atoms with Gasteiger partial charge < -0.3 is 9.88 Å². The molecule has 0 bridgehead atoms. The summed E-state index contributed by atoms with van der Waals surface area (Å²) in [6.45, 7) is 4.67. The van der Waals surface area contributed by atoms with E-state index in [9.17, 15) is 13.2 Å². The number of rotatable bonds is 3. The number of aryl methyl sites for hydroxylation is 1. The van der Waals surface area contributed by atoms with E-state index in [1.165, 1.54) is 6.42 Å². The minimum Gasteiger partial charge on any atom is -0.350 e. The molecule has 1 N–H and O–H groups in total. The van der Waals surface area contributed by atoms with Gasteiger partial charge >= 0.3 is 0 Å². The lowest BCUT2D eigenvalue weighted by molar-refractivity contribution is 0.0718. The number of benzene rings is 1. The summed E-state index contributed by atoms with van der Waals surface area (Å²) in [7, 11) is -3.50. The van der Waals surface area contributed by atoms with E-state index in [1.807, 2.05) is 11.8 Å². The Hall–Kier alpha value is -1.86. The van der Waals surface area contributed by atoms with Crippen LogP contribution in [0.3, 0.4) is 0 Å². The molecule has 1 aromatic carbocycles. The summed E-state index contributed by atoms with van der Waals surface area (Å²) in [5.74, 6) is 0.0188. The highest BCUT2D eigenvalue weighted by Crippen LogP contribution is 2.28. The zero-order valence-electron chi connectivity index (χ0n) is 16.5. The van der Waals surface area contributed by atoms with E-state index >= 15 is 0 Å². The third-order valence-corrected chi connectivity index (χ3v) is 7.98. The van der Waals surface area contributed by atoms with Crippen molar-refractivity contribution >= 4 is 26.8 Å². The minimum atomic E-state index is -3.50. The van der Waals surface area contributed by atoms with Gasteiger partial charge in [-0.1, -0.05) is 12.8 Å². The maximum atomic E-state index is 13.1. The van der Waals surface area contributed by atoms with Crippen LogP contribution in [0.5, 0.6) is 0 Å². The summed E-state index contributed by atoms with van der Waals surface area (Å²) < 4.78 is 27.9. The van der Waals surface area contributed by atoms with Crippen molar-refractivity contribution in [1.82, 2.24) is 14.2 Å². The second kappa shape index (κ2) is 7.87. The predicted molar refractivity (Wildman–Crippen MR) is 110 cm³/mol. The Morgan fingerprint density at radius 1 is 0.929 bits per heavy atom. The van der Waals surface area contributed by atoms with E-state index in [4.69, 9.17) is 0 Å². The fourth-order valence-corrected chi connectivity index (χ4v) is 5.91. The Morgan fingerprint density at radius 3 is 2.21 bits per heavy atom. The first-order valence-electron chi connectivity index (χ1n) is 10.4. The van der Waals surface area contributed by atoms with E-state index in [-0.39, 0.29) is 5.91 Å². The summed E-state index contributed by atoms with van der Waals surface area (Å²) in [4.78, 5) is 18.4. The number of amides is 1. The normalized spacial score (nSPS) is 19.7. The molecule has 7 heteroatoms. The SMILES string of the molecule is Cc1c(C(=O)N2CCCCC2)[nH]c2ccc(S(=O)(=O)N3CCCCCC3)cc12. The van der Waals surface area contributed by atoms with Crippen LogP contribution in [0.4, 0.5) is 0 Å². The van der Waals surface area contributed by atoms with Gasteiger partial charge in [0, 0.05) is 37.1 Å². The number of carbonyl (C=O) groups is 1. The lowest BCUT2D eigenvalue weighted by Gasteiger charge is -2.26. The monoisotopic (exact) mass is 403 g/mol. The van der Waals surface area contributed by atoms with Gasteiger partial charge in [0.25, 0.3) is 5.91 Å². The average molecular weight is 404 g/mol. The van der Waals surface area contributed by atoms with Gasteiger partial charge in [0.2, 0.25) is 10.0 Å². The van der Waals surface area contributed by atoms with Crippen molar-refractivity contribution in [3.8, 4) is 0 Å². The first kappa shape index (κ1) is 19.5. The number of nitrogens with zero attached hydrogens (tertiary/aromatic N) is 2. The lowest BCUT2D eigenvalue weighted by atomic mass is 10.1. The standard InChI is InChI=1S/C21H29N3O3S/c1-16-18-15-17(28(26,27)24-13-7-2-3-8-14-24)9-10-19(18)22-20(16)21(25)23-11-5-4-6-12-23/h9-10,15,22H,2-8,11-14H2,1H3. The highest BCUT2D eigenvalue weighted by molar-refractivity contribution is 7.89. The van der Waals surface area contributed by atoms with Crippen molar-refractivity contribution in [3.05, 3.63) is 29.5 Å². The van der Waals surface area contributed by atoms with Crippen molar-refractivity contribution in [2.24, 2.45) is 0 Å². The molecule has 1 aromatic heterocycles. The van der Waals surface area contributed by atoms with Crippen molar-refractivity contribution in [2.75, 3.05) is 26.2 Å². The second-order valence-corrected chi connectivity index (χ2v) is 9.94. The van der Waals surface area contributed by atoms with Crippen molar-refractivity contribution in [1.29, 1.82) is 0 Å². The number of aromatic amines is 1. The molecule has 1 amide bonds. The quantitative estimate of drug-likeness (QED) is 0.850. The fourth-order valence-electron chi connectivity index (χ4n) is 4.37. The van der Waals surface area contributed by atoms with Gasteiger partial charge in [-0.2, -0.15) is 4.31 Å². The number of hydrogen-bond acceptors (Lipinski definition) is 3. The van der Waals surface area contributed by atoms with Crippen molar-refractivity contribution in [2.45, 2.75) is 56.8 Å². The van der Waals surface area contributed by atoms with Crippen LogP contribution >= 0.6 is 0 Å². The summed E-state index contributed by atoms with van der Waals surface area (Å²) >= 11 is 0. The van der Waals surface area contributed by atoms with Gasteiger partial charge in [-0.05, 0) is 62.8 Å². The largest absolute Gasteiger partial charge is 0.350 e. The lowest BCUT2D eigenvalue weighted by Crippen LogP contribution is -2.36. The van der Waals surface area contributed by atoms with Crippen LogP contribution in [-0.4, -0.2) is 54.7 Å². The molecule has 6 nitrogen and oxygen atoms in total. The molecule has 0 radical (unpaired) electrons. The molecule has 2 aromatic rings. The van der Waals surface area contributed by atoms with E-state index in [0.29, 0.717) is 23.7 Å². The Morgan fingerprint density at radius 2 is 1.54 bits per heavy atom. The molecule has 0 aliphatic carbocycles. The maximum absolute atomic E-state index is 13.1. The van der Waals surface area contributed by atoms with Crippen LogP contribution in [-0.2, 0) is 10.0 Å². The molecule has 0 atom stereocenters. The van der Waals surface area contributed by atoms with Gasteiger partial charge in [-0.3, -0.25) is 4.79 Å². The van der Waals surface area contributed by atoms with E-state index in [1.54, 1.807) is 22.5 Å². The fraction of sp³-hybridized carbons (Fsp3) is 0.571. The Kier molecular flexibility index (Phi) is 5.47.